The summed E-state index contributed by atoms with van der Waals surface area (Å²) in [6.07, 6.45) is 3.85. The molecule has 1 aromatic rings. The molecule has 1 heterocycles. The standard InChI is InChI=1S/C12H13NO4/c14-9-5-1-2-6-10(9)17-11-8(12(15)16)4-3-7-13-11/h3-4,7,10H,1-2,5-6H2,(H,15,16). The minimum Gasteiger partial charge on any atom is -0.477 e. The first-order valence-electron chi connectivity index (χ1n) is 5.56. The Bertz CT molecular complexity index is 444. The van der Waals surface area contributed by atoms with Crippen LogP contribution in [-0.4, -0.2) is 27.9 Å². The molecule has 1 aromatic heterocycles. The molecule has 17 heavy (non-hydrogen) atoms. The van der Waals surface area contributed by atoms with E-state index in [1.54, 1.807) is 0 Å². The molecule has 1 aliphatic rings. The highest BCUT2D eigenvalue weighted by Gasteiger charge is 2.26. The number of carboxylic acid groups (broad SMARTS) is 1. The first kappa shape index (κ1) is 11.6. The topological polar surface area (TPSA) is 76.5 Å². The number of hydrogen-bond acceptors (Lipinski definition) is 4. The van der Waals surface area contributed by atoms with Crippen molar-refractivity contribution in [3.63, 3.8) is 0 Å². The summed E-state index contributed by atoms with van der Waals surface area (Å²) in [5.74, 6) is -1.05. The van der Waals surface area contributed by atoms with Crippen molar-refractivity contribution in [1.29, 1.82) is 0 Å². The minimum absolute atomic E-state index is 0.00845. The van der Waals surface area contributed by atoms with E-state index in [0.717, 1.165) is 12.8 Å². The predicted octanol–water partition coefficient (Wildman–Crippen LogP) is 1.67. The van der Waals surface area contributed by atoms with E-state index in [0.29, 0.717) is 12.8 Å². The minimum atomic E-state index is -1.10. The third-order valence-corrected chi connectivity index (χ3v) is 2.75. The van der Waals surface area contributed by atoms with Gasteiger partial charge in [-0.2, -0.15) is 0 Å². The lowest BCUT2D eigenvalue weighted by molar-refractivity contribution is -0.127. The summed E-state index contributed by atoms with van der Waals surface area (Å²) in [5.41, 5.74) is -0.00845. The summed E-state index contributed by atoms with van der Waals surface area (Å²) in [5, 5.41) is 8.96. The van der Waals surface area contributed by atoms with Gasteiger partial charge >= 0.3 is 5.97 Å². The van der Waals surface area contributed by atoms with Gasteiger partial charge in [-0.1, -0.05) is 0 Å². The van der Waals surface area contributed by atoms with Gasteiger partial charge < -0.3 is 9.84 Å². The van der Waals surface area contributed by atoms with Crippen molar-refractivity contribution in [3.8, 4) is 5.88 Å². The molecular formula is C12H13NO4. The Morgan fingerprint density at radius 2 is 2.29 bits per heavy atom. The monoisotopic (exact) mass is 235 g/mol. The number of pyridine rings is 1. The average Bonchev–Trinajstić information content (AvgIpc) is 2.32. The Kier molecular flexibility index (Phi) is 3.37. The van der Waals surface area contributed by atoms with E-state index < -0.39 is 12.1 Å². The number of nitrogens with zero attached hydrogens (tertiary/aromatic N) is 1. The zero-order valence-corrected chi connectivity index (χ0v) is 9.26. The van der Waals surface area contributed by atoms with Crippen LogP contribution < -0.4 is 4.74 Å². The number of carbonyl (C=O) groups is 2. The molecule has 0 spiro atoms. The van der Waals surface area contributed by atoms with E-state index in [9.17, 15) is 9.59 Å². The van der Waals surface area contributed by atoms with Crippen molar-refractivity contribution < 1.29 is 19.4 Å². The fourth-order valence-electron chi connectivity index (χ4n) is 1.86. The summed E-state index contributed by atoms with van der Waals surface area (Å²) in [6.45, 7) is 0. The number of rotatable bonds is 3. The second kappa shape index (κ2) is 4.95. The van der Waals surface area contributed by atoms with Gasteiger partial charge in [-0.15, -0.1) is 0 Å². The van der Waals surface area contributed by atoms with E-state index >= 15 is 0 Å². The Hall–Kier alpha value is -1.91. The van der Waals surface area contributed by atoms with Crippen LogP contribution in [0.4, 0.5) is 0 Å². The zero-order chi connectivity index (χ0) is 12.3. The molecule has 2 rings (SSSR count). The zero-order valence-electron chi connectivity index (χ0n) is 9.26. The second-order valence-corrected chi connectivity index (χ2v) is 3.98. The number of ketones is 1. The first-order chi connectivity index (χ1) is 8.18. The number of Topliss-reactive ketones (excluding diaryl/α,β-unsaturated/α-hetero) is 1. The number of aromatic carboxylic acids is 1. The normalized spacial score (nSPS) is 20.0. The van der Waals surface area contributed by atoms with Crippen LogP contribution in [0.3, 0.4) is 0 Å². The van der Waals surface area contributed by atoms with Gasteiger partial charge in [0.2, 0.25) is 5.88 Å². The van der Waals surface area contributed by atoms with Gasteiger partial charge in [-0.25, -0.2) is 9.78 Å². The van der Waals surface area contributed by atoms with E-state index in [-0.39, 0.29) is 17.2 Å². The van der Waals surface area contributed by atoms with Crippen LogP contribution in [0.25, 0.3) is 0 Å². The highest BCUT2D eigenvalue weighted by molar-refractivity contribution is 5.90. The summed E-state index contributed by atoms with van der Waals surface area (Å²) >= 11 is 0. The van der Waals surface area contributed by atoms with Gasteiger partial charge in [0.25, 0.3) is 0 Å². The third-order valence-electron chi connectivity index (χ3n) is 2.75. The smallest absolute Gasteiger partial charge is 0.341 e. The number of carbonyl (C=O) groups excluding carboxylic acids is 1. The number of aromatic nitrogens is 1. The molecule has 1 fully saturated rings. The molecule has 5 heteroatoms. The van der Waals surface area contributed by atoms with E-state index in [1.165, 1.54) is 18.3 Å². The summed E-state index contributed by atoms with van der Waals surface area (Å²) in [6, 6.07) is 2.94. The molecule has 0 aromatic carbocycles. The average molecular weight is 235 g/mol. The van der Waals surface area contributed by atoms with Gasteiger partial charge in [-0.3, -0.25) is 4.79 Å². The fraction of sp³-hybridized carbons (Fsp3) is 0.417. The maximum Gasteiger partial charge on any atom is 0.341 e. The molecule has 1 atom stereocenters. The van der Waals surface area contributed by atoms with Gasteiger partial charge in [0.15, 0.2) is 11.9 Å². The third kappa shape index (κ3) is 2.61. The van der Waals surface area contributed by atoms with Crippen molar-refractivity contribution in [2.45, 2.75) is 31.8 Å². The Morgan fingerprint density at radius 3 is 3.00 bits per heavy atom. The molecule has 1 unspecified atom stereocenters. The predicted molar refractivity (Wildman–Crippen MR) is 59.1 cm³/mol. The first-order valence-corrected chi connectivity index (χ1v) is 5.56. The lowest BCUT2D eigenvalue weighted by atomic mass is 9.96. The molecule has 0 bridgehead atoms. The maximum atomic E-state index is 11.6. The van der Waals surface area contributed by atoms with Crippen molar-refractivity contribution >= 4 is 11.8 Å². The fourth-order valence-corrected chi connectivity index (χ4v) is 1.86. The lowest BCUT2D eigenvalue weighted by Crippen LogP contribution is -2.31. The molecule has 5 nitrogen and oxygen atoms in total. The number of hydrogen-bond donors (Lipinski definition) is 1. The summed E-state index contributed by atoms with van der Waals surface area (Å²) < 4.78 is 5.42. The molecule has 90 valence electrons. The Morgan fingerprint density at radius 1 is 1.47 bits per heavy atom. The second-order valence-electron chi connectivity index (χ2n) is 3.98. The van der Waals surface area contributed by atoms with Crippen LogP contribution in [0.2, 0.25) is 0 Å². The number of ether oxygens (including phenoxy) is 1. The van der Waals surface area contributed by atoms with Crippen molar-refractivity contribution in [1.82, 2.24) is 4.98 Å². The Labute approximate surface area is 98.4 Å². The molecule has 0 aliphatic heterocycles. The van der Waals surface area contributed by atoms with Crippen LogP contribution in [0.5, 0.6) is 5.88 Å². The maximum absolute atomic E-state index is 11.6. The van der Waals surface area contributed by atoms with Gasteiger partial charge in [0.1, 0.15) is 5.56 Å². The molecule has 1 N–H and O–H groups in total. The molecule has 0 radical (unpaired) electrons. The molecule has 0 saturated heterocycles. The van der Waals surface area contributed by atoms with Gasteiger partial charge in [0, 0.05) is 12.6 Å². The number of carboxylic acids is 1. The van der Waals surface area contributed by atoms with Gasteiger partial charge in [-0.05, 0) is 31.4 Å². The van der Waals surface area contributed by atoms with Crippen molar-refractivity contribution in [3.05, 3.63) is 23.9 Å². The van der Waals surface area contributed by atoms with Crippen LogP contribution >= 0.6 is 0 Å². The largest absolute Gasteiger partial charge is 0.477 e. The Balaban J connectivity index is 2.17. The van der Waals surface area contributed by atoms with E-state index in [2.05, 4.69) is 4.98 Å². The lowest BCUT2D eigenvalue weighted by Gasteiger charge is -2.21. The van der Waals surface area contributed by atoms with Crippen LogP contribution in [-0.2, 0) is 4.79 Å². The summed E-state index contributed by atoms with van der Waals surface area (Å²) in [7, 11) is 0. The summed E-state index contributed by atoms with van der Waals surface area (Å²) in [4.78, 5) is 26.4. The molecule has 0 amide bonds. The van der Waals surface area contributed by atoms with Crippen LogP contribution in [0, 0.1) is 0 Å². The van der Waals surface area contributed by atoms with Crippen molar-refractivity contribution in [2.24, 2.45) is 0 Å². The highest BCUT2D eigenvalue weighted by Crippen LogP contribution is 2.22. The molecule has 1 saturated carbocycles. The van der Waals surface area contributed by atoms with E-state index in [4.69, 9.17) is 9.84 Å². The SMILES string of the molecule is O=C(O)c1cccnc1OC1CCCCC1=O. The van der Waals surface area contributed by atoms with Crippen LogP contribution in [0.15, 0.2) is 18.3 Å². The molecular weight excluding hydrogens is 222 g/mol. The van der Waals surface area contributed by atoms with E-state index in [1.807, 2.05) is 0 Å². The highest BCUT2D eigenvalue weighted by atomic mass is 16.5. The quantitative estimate of drug-likeness (QED) is 0.862. The van der Waals surface area contributed by atoms with Crippen LogP contribution in [0.1, 0.15) is 36.0 Å². The van der Waals surface area contributed by atoms with Crippen molar-refractivity contribution in [2.75, 3.05) is 0 Å². The molecule has 1 aliphatic carbocycles. The van der Waals surface area contributed by atoms with Gasteiger partial charge in [0.05, 0.1) is 0 Å².